The summed E-state index contributed by atoms with van der Waals surface area (Å²) < 4.78 is 5.92. The van der Waals surface area contributed by atoms with Crippen LogP contribution in [-0.2, 0) is 16.2 Å². The van der Waals surface area contributed by atoms with Crippen molar-refractivity contribution in [3.05, 3.63) is 232 Å². The number of benzene rings is 7. The maximum absolute atomic E-state index is 14.1. The molecule has 1 atom stereocenters. The number of hydrogen-bond acceptors (Lipinski definition) is 7. The van der Waals surface area contributed by atoms with Gasteiger partial charge < -0.3 is 20.7 Å². The van der Waals surface area contributed by atoms with Crippen molar-refractivity contribution in [2.24, 2.45) is 0 Å². The molecule has 1 aliphatic carbocycles. The number of carbonyl (C=O) groups excluding carboxylic acids is 5. The van der Waals surface area contributed by atoms with E-state index in [1.807, 2.05) is 60.7 Å². The van der Waals surface area contributed by atoms with Crippen LogP contribution in [0.5, 0.6) is 5.75 Å². The van der Waals surface area contributed by atoms with Crippen LogP contribution >= 0.6 is 11.8 Å². The van der Waals surface area contributed by atoms with Crippen molar-refractivity contribution in [2.75, 3.05) is 10.6 Å². The molecule has 0 radical (unpaired) electrons. The molecule has 0 spiro atoms. The lowest BCUT2D eigenvalue weighted by Crippen LogP contribution is -2.30. The first-order valence-electron chi connectivity index (χ1n) is 19.4. The Balaban J connectivity index is 0.990. The second-order valence-corrected chi connectivity index (χ2v) is 15.2. The van der Waals surface area contributed by atoms with Gasteiger partial charge in [0.05, 0.1) is 11.3 Å². The van der Waals surface area contributed by atoms with Crippen LogP contribution in [0, 0.1) is 0 Å². The molecule has 8 rings (SSSR count). The van der Waals surface area contributed by atoms with E-state index >= 15 is 0 Å². The fraction of sp³-hybridized carbons (Fsp3) is 0.0392. The smallest absolute Gasteiger partial charge is 0.272 e. The van der Waals surface area contributed by atoms with Crippen LogP contribution in [0.1, 0.15) is 64.1 Å². The average Bonchev–Trinajstić information content (AvgIpc) is 3.30. The third-order valence-electron chi connectivity index (χ3n) is 9.89. The third-order valence-corrected chi connectivity index (χ3v) is 11.2. The molecule has 10 heteroatoms. The van der Waals surface area contributed by atoms with Crippen molar-refractivity contribution in [1.82, 2.24) is 5.32 Å². The van der Waals surface area contributed by atoms with E-state index in [0.717, 1.165) is 16.0 Å². The number of fused-ring (bicyclic) bond motifs is 2. The minimum absolute atomic E-state index is 0.0258. The van der Waals surface area contributed by atoms with E-state index in [0.29, 0.717) is 40.3 Å². The molecule has 0 heterocycles. The molecule has 298 valence electrons. The molecule has 61 heavy (non-hydrogen) atoms. The quantitative estimate of drug-likeness (QED) is 0.0780. The first-order chi connectivity index (χ1) is 29.8. The Bertz CT molecular complexity index is 2770. The Morgan fingerprint density at radius 3 is 1.89 bits per heavy atom. The van der Waals surface area contributed by atoms with Crippen LogP contribution < -0.4 is 20.7 Å². The fourth-order valence-corrected chi connectivity index (χ4v) is 7.83. The number of hydrogen-bond donors (Lipinski definition) is 3. The maximum Gasteiger partial charge on any atom is 0.272 e. The van der Waals surface area contributed by atoms with E-state index in [1.165, 1.54) is 11.8 Å². The number of ether oxygens (including phenoxy) is 1. The van der Waals surface area contributed by atoms with E-state index < -0.39 is 17.1 Å². The van der Waals surface area contributed by atoms with Crippen molar-refractivity contribution < 1.29 is 28.7 Å². The SMILES string of the molecule is O=C(Nc1ccc(SC(C(=O)Nc2cccc3c2C(=O)c2ccccc2C3=O)c2ccccc2)cc1)/C(=C/c1ccc(OCc2ccccc2)cc1)NC(=O)c1ccccc1. The van der Waals surface area contributed by atoms with Crippen LogP contribution in [0.2, 0.25) is 0 Å². The Labute approximate surface area is 356 Å². The van der Waals surface area contributed by atoms with E-state index in [2.05, 4.69) is 16.0 Å². The normalized spacial score (nSPS) is 12.4. The van der Waals surface area contributed by atoms with Crippen molar-refractivity contribution in [3.8, 4) is 5.75 Å². The fourth-order valence-electron chi connectivity index (χ4n) is 6.81. The van der Waals surface area contributed by atoms with E-state index in [9.17, 15) is 24.0 Å². The lowest BCUT2D eigenvalue weighted by atomic mass is 9.83. The zero-order valence-corrected chi connectivity index (χ0v) is 33.4. The Kier molecular flexibility index (Phi) is 12.1. The maximum atomic E-state index is 14.1. The lowest BCUT2D eigenvalue weighted by molar-refractivity contribution is -0.116. The van der Waals surface area contributed by atoms with Gasteiger partial charge in [-0.15, -0.1) is 11.8 Å². The molecular formula is C51H37N3O6S. The molecule has 1 aliphatic rings. The van der Waals surface area contributed by atoms with Crippen LogP contribution in [0.4, 0.5) is 11.4 Å². The second kappa shape index (κ2) is 18.4. The highest BCUT2D eigenvalue weighted by molar-refractivity contribution is 8.00. The minimum Gasteiger partial charge on any atom is -0.489 e. The van der Waals surface area contributed by atoms with E-state index in [4.69, 9.17) is 4.74 Å². The highest BCUT2D eigenvalue weighted by Gasteiger charge is 2.33. The lowest BCUT2D eigenvalue weighted by Gasteiger charge is -2.22. The highest BCUT2D eigenvalue weighted by atomic mass is 32.2. The summed E-state index contributed by atoms with van der Waals surface area (Å²) in [5, 5.41) is 7.85. The summed E-state index contributed by atoms with van der Waals surface area (Å²) in [6.07, 6.45) is 1.59. The van der Waals surface area contributed by atoms with Crippen molar-refractivity contribution in [3.63, 3.8) is 0 Å². The van der Waals surface area contributed by atoms with Gasteiger partial charge >= 0.3 is 0 Å². The van der Waals surface area contributed by atoms with Gasteiger partial charge in [0, 0.05) is 32.8 Å². The molecule has 0 saturated carbocycles. The van der Waals surface area contributed by atoms with E-state index in [-0.39, 0.29) is 40.0 Å². The molecule has 0 aliphatic heterocycles. The monoisotopic (exact) mass is 819 g/mol. The molecule has 0 fully saturated rings. The van der Waals surface area contributed by atoms with Crippen LogP contribution in [-0.4, -0.2) is 29.3 Å². The summed E-state index contributed by atoms with van der Waals surface area (Å²) in [6.45, 7) is 0.407. The van der Waals surface area contributed by atoms with Gasteiger partial charge in [-0.1, -0.05) is 127 Å². The largest absolute Gasteiger partial charge is 0.489 e. The molecule has 9 nitrogen and oxygen atoms in total. The van der Waals surface area contributed by atoms with Crippen LogP contribution in [0.3, 0.4) is 0 Å². The molecule has 7 aromatic rings. The summed E-state index contributed by atoms with van der Waals surface area (Å²) in [5.74, 6) is -1.33. The zero-order chi connectivity index (χ0) is 42.1. The van der Waals surface area contributed by atoms with Crippen molar-refractivity contribution >= 4 is 58.5 Å². The van der Waals surface area contributed by atoms with Gasteiger partial charge in [-0.3, -0.25) is 24.0 Å². The standard InChI is InChI=1S/C51H37N3O6S/c55-46-40-19-10-11-20-41(40)47(56)45-42(46)21-12-22-43(45)53-51(59)48(35-15-6-2-7-16-35)61-39-29-25-37(26-30-39)52-50(58)44(54-49(57)36-17-8-3-9-18-36)31-33-23-27-38(28-24-33)60-32-34-13-4-1-5-14-34/h1-31,48H,32H2,(H,52,58)(H,53,59)(H,54,57)/b44-31-. The molecule has 3 N–H and O–H groups in total. The summed E-state index contributed by atoms with van der Waals surface area (Å²) in [5.41, 5.74) is 4.58. The van der Waals surface area contributed by atoms with Gasteiger partial charge in [-0.05, 0) is 77.4 Å². The average molecular weight is 820 g/mol. The van der Waals surface area contributed by atoms with Gasteiger partial charge in [-0.25, -0.2) is 0 Å². The minimum atomic E-state index is -0.753. The number of amides is 3. The summed E-state index contributed by atoms with van der Waals surface area (Å²) >= 11 is 1.29. The van der Waals surface area contributed by atoms with Crippen molar-refractivity contribution in [2.45, 2.75) is 16.8 Å². The highest BCUT2D eigenvalue weighted by Crippen LogP contribution is 2.38. The Hall–Kier alpha value is -7.82. The number of anilines is 2. The summed E-state index contributed by atoms with van der Waals surface area (Å²) in [4.78, 5) is 68.9. The van der Waals surface area contributed by atoms with E-state index in [1.54, 1.807) is 127 Å². The predicted molar refractivity (Wildman–Crippen MR) is 238 cm³/mol. The zero-order valence-electron chi connectivity index (χ0n) is 32.5. The van der Waals surface area contributed by atoms with Crippen LogP contribution in [0.15, 0.2) is 193 Å². The molecule has 0 saturated heterocycles. The topological polar surface area (TPSA) is 131 Å². The molecule has 1 unspecified atom stereocenters. The number of ketones is 2. The third kappa shape index (κ3) is 9.41. The summed E-state index contributed by atoms with van der Waals surface area (Å²) in [6, 6.07) is 53.4. The van der Waals surface area contributed by atoms with Crippen LogP contribution in [0.25, 0.3) is 6.08 Å². The molecule has 3 amide bonds. The molecule has 0 aromatic heterocycles. The first kappa shape index (κ1) is 40.0. The predicted octanol–water partition coefficient (Wildman–Crippen LogP) is 9.92. The Morgan fingerprint density at radius 2 is 1.20 bits per heavy atom. The van der Waals surface area contributed by atoms with Gasteiger partial charge in [0.25, 0.3) is 11.8 Å². The second-order valence-electron chi connectivity index (χ2n) is 14.0. The first-order valence-corrected chi connectivity index (χ1v) is 20.3. The molecule has 7 aromatic carbocycles. The molecule has 0 bridgehead atoms. The van der Waals surface area contributed by atoms with Gasteiger partial charge in [0.15, 0.2) is 11.6 Å². The Morgan fingerprint density at radius 1 is 0.590 bits per heavy atom. The van der Waals surface area contributed by atoms with Gasteiger partial charge in [0.2, 0.25) is 5.91 Å². The number of rotatable bonds is 13. The van der Waals surface area contributed by atoms with Gasteiger partial charge in [0.1, 0.15) is 23.3 Å². The summed E-state index contributed by atoms with van der Waals surface area (Å²) in [7, 11) is 0. The number of carbonyl (C=O) groups is 5. The number of thioether (sulfide) groups is 1. The number of nitrogens with one attached hydrogen (secondary N) is 3. The molecular weight excluding hydrogens is 783 g/mol. The van der Waals surface area contributed by atoms with Gasteiger partial charge in [-0.2, -0.15) is 0 Å². The van der Waals surface area contributed by atoms with Crippen molar-refractivity contribution in [1.29, 1.82) is 0 Å².